The Morgan fingerprint density at radius 1 is 1.12 bits per heavy atom. The summed E-state index contributed by atoms with van der Waals surface area (Å²) in [6.45, 7) is 1.70. The Hall–Kier alpha value is -3.28. The van der Waals surface area contributed by atoms with Gasteiger partial charge in [-0.05, 0) is 36.2 Å². The van der Waals surface area contributed by atoms with Crippen LogP contribution >= 0.6 is 0 Å². The van der Waals surface area contributed by atoms with Crippen molar-refractivity contribution in [2.75, 3.05) is 6.79 Å². The highest BCUT2D eigenvalue weighted by atomic mass is 16.7. The minimum Gasteiger partial charge on any atom is -0.454 e. The molecule has 0 saturated carbocycles. The van der Waals surface area contributed by atoms with E-state index in [-0.39, 0.29) is 12.6 Å². The van der Waals surface area contributed by atoms with Crippen molar-refractivity contribution in [1.29, 1.82) is 0 Å². The third-order valence-electron chi connectivity index (χ3n) is 4.75. The molecule has 0 aliphatic carbocycles. The minimum absolute atomic E-state index is 0.00290. The SMILES string of the molecule is CC(=O)c1ccc2c(C(C(N)=O)c3ccc4c(c3)OCO4)cn(C)c2c1. The van der Waals surface area contributed by atoms with Gasteiger partial charge in [-0.15, -0.1) is 0 Å². The lowest BCUT2D eigenvalue weighted by molar-refractivity contribution is -0.118. The summed E-state index contributed by atoms with van der Waals surface area (Å²) in [6.07, 6.45) is 1.88. The van der Waals surface area contributed by atoms with Gasteiger partial charge in [0.05, 0.1) is 5.92 Å². The smallest absolute Gasteiger partial charge is 0.231 e. The number of carbonyl (C=O) groups excluding carboxylic acids is 2. The molecule has 4 rings (SSSR count). The van der Waals surface area contributed by atoms with Crippen molar-refractivity contribution >= 4 is 22.6 Å². The molecule has 0 saturated heterocycles. The Balaban J connectivity index is 1.88. The number of rotatable bonds is 4. The topological polar surface area (TPSA) is 83.6 Å². The second kappa shape index (κ2) is 5.91. The maximum atomic E-state index is 12.3. The van der Waals surface area contributed by atoms with Crippen LogP contribution in [-0.2, 0) is 11.8 Å². The average molecular weight is 350 g/mol. The first-order valence-corrected chi connectivity index (χ1v) is 8.24. The van der Waals surface area contributed by atoms with E-state index in [0.717, 1.165) is 22.0 Å². The number of nitrogens with zero attached hydrogens (tertiary/aromatic N) is 1. The Morgan fingerprint density at radius 3 is 2.62 bits per heavy atom. The van der Waals surface area contributed by atoms with E-state index < -0.39 is 11.8 Å². The summed E-state index contributed by atoms with van der Waals surface area (Å²) in [7, 11) is 1.88. The largest absolute Gasteiger partial charge is 0.454 e. The number of fused-ring (bicyclic) bond motifs is 2. The van der Waals surface area contributed by atoms with Crippen LogP contribution in [0.25, 0.3) is 10.9 Å². The van der Waals surface area contributed by atoms with Crippen LogP contribution in [0.2, 0.25) is 0 Å². The predicted molar refractivity (Wildman–Crippen MR) is 96.5 cm³/mol. The maximum absolute atomic E-state index is 12.3. The molecule has 2 heterocycles. The monoisotopic (exact) mass is 350 g/mol. The van der Waals surface area contributed by atoms with Gasteiger partial charge in [-0.1, -0.05) is 18.2 Å². The van der Waals surface area contributed by atoms with Crippen LogP contribution < -0.4 is 15.2 Å². The van der Waals surface area contributed by atoms with Crippen molar-refractivity contribution in [3.63, 3.8) is 0 Å². The number of amides is 1. The third-order valence-corrected chi connectivity index (χ3v) is 4.75. The van der Waals surface area contributed by atoms with Gasteiger partial charge in [0, 0.05) is 29.7 Å². The molecule has 0 spiro atoms. The van der Waals surface area contributed by atoms with Gasteiger partial charge in [-0.2, -0.15) is 0 Å². The molecule has 1 aromatic heterocycles. The molecule has 1 unspecified atom stereocenters. The van der Waals surface area contributed by atoms with Crippen LogP contribution in [0.5, 0.6) is 11.5 Å². The summed E-state index contributed by atoms with van der Waals surface area (Å²) in [6, 6.07) is 10.9. The Labute approximate surface area is 150 Å². The number of carbonyl (C=O) groups is 2. The van der Waals surface area contributed by atoms with Crippen molar-refractivity contribution in [2.45, 2.75) is 12.8 Å². The Bertz CT molecular complexity index is 1050. The quantitative estimate of drug-likeness (QED) is 0.733. The van der Waals surface area contributed by atoms with Gasteiger partial charge in [0.25, 0.3) is 0 Å². The van der Waals surface area contributed by atoms with Gasteiger partial charge in [0.15, 0.2) is 17.3 Å². The van der Waals surface area contributed by atoms with Gasteiger partial charge in [0.2, 0.25) is 12.7 Å². The highest BCUT2D eigenvalue weighted by Gasteiger charge is 2.26. The minimum atomic E-state index is -0.628. The fourth-order valence-electron chi connectivity index (χ4n) is 3.45. The third kappa shape index (κ3) is 2.50. The van der Waals surface area contributed by atoms with Gasteiger partial charge in [-0.3, -0.25) is 9.59 Å². The molecule has 0 bridgehead atoms. The molecule has 26 heavy (non-hydrogen) atoms. The van der Waals surface area contributed by atoms with E-state index in [2.05, 4.69) is 0 Å². The molecule has 1 aliphatic heterocycles. The Morgan fingerprint density at radius 2 is 1.88 bits per heavy atom. The van der Waals surface area contributed by atoms with E-state index >= 15 is 0 Å². The second-order valence-corrected chi connectivity index (χ2v) is 6.43. The molecule has 0 fully saturated rings. The molecular formula is C20H18N2O4. The van der Waals surface area contributed by atoms with Crippen LogP contribution in [0.4, 0.5) is 0 Å². The van der Waals surface area contributed by atoms with Crippen molar-refractivity contribution in [3.05, 3.63) is 59.3 Å². The number of ether oxygens (including phenoxy) is 2. The molecule has 1 amide bonds. The van der Waals surface area contributed by atoms with E-state index in [4.69, 9.17) is 15.2 Å². The molecule has 6 heteroatoms. The lowest BCUT2D eigenvalue weighted by Gasteiger charge is -2.14. The summed E-state index contributed by atoms with van der Waals surface area (Å²) < 4.78 is 12.7. The first-order valence-electron chi connectivity index (χ1n) is 8.24. The normalized spacial score (nSPS) is 13.8. The van der Waals surface area contributed by atoms with Crippen LogP contribution in [0.3, 0.4) is 0 Å². The van der Waals surface area contributed by atoms with E-state index in [0.29, 0.717) is 17.1 Å². The molecule has 132 valence electrons. The summed E-state index contributed by atoms with van der Waals surface area (Å²) in [5, 5.41) is 0.888. The van der Waals surface area contributed by atoms with Crippen molar-refractivity contribution in [1.82, 2.24) is 4.57 Å². The number of aromatic nitrogens is 1. The second-order valence-electron chi connectivity index (χ2n) is 6.43. The molecule has 2 aromatic carbocycles. The summed E-state index contributed by atoms with van der Waals surface area (Å²) in [4.78, 5) is 24.0. The zero-order valence-electron chi connectivity index (χ0n) is 14.5. The molecule has 3 aromatic rings. The van der Waals surface area contributed by atoms with Crippen LogP contribution in [0.15, 0.2) is 42.6 Å². The van der Waals surface area contributed by atoms with Gasteiger partial charge >= 0.3 is 0 Å². The first-order chi connectivity index (χ1) is 12.5. The number of primary amides is 1. The van der Waals surface area contributed by atoms with Gasteiger partial charge in [0.1, 0.15) is 0 Å². The standard InChI is InChI=1S/C20H18N2O4/c1-11(23)12-3-5-14-15(9-22(2)16(14)7-12)19(20(21)24)13-4-6-17-18(8-13)26-10-25-17/h3-9,19H,10H2,1-2H3,(H2,21,24). The summed E-state index contributed by atoms with van der Waals surface area (Å²) in [5.74, 6) is 0.175. The number of nitrogens with two attached hydrogens (primary N) is 1. The van der Waals surface area contributed by atoms with Crippen molar-refractivity contribution in [3.8, 4) is 11.5 Å². The first kappa shape index (κ1) is 16.2. The Kier molecular flexibility index (Phi) is 3.68. The summed E-state index contributed by atoms with van der Waals surface area (Å²) >= 11 is 0. The number of aryl methyl sites for hydroxylation is 1. The van der Waals surface area contributed by atoms with E-state index in [9.17, 15) is 9.59 Å². The average Bonchev–Trinajstić information content (AvgIpc) is 3.19. The fraction of sp³-hybridized carbons (Fsp3) is 0.200. The molecule has 2 N–H and O–H groups in total. The van der Waals surface area contributed by atoms with Crippen molar-refractivity contribution in [2.24, 2.45) is 12.8 Å². The lowest BCUT2D eigenvalue weighted by Crippen LogP contribution is -2.22. The number of hydrogen-bond donors (Lipinski definition) is 1. The molecular weight excluding hydrogens is 332 g/mol. The number of benzene rings is 2. The van der Waals surface area contributed by atoms with E-state index in [1.54, 1.807) is 18.2 Å². The highest BCUT2D eigenvalue weighted by Crippen LogP contribution is 2.38. The number of ketones is 1. The van der Waals surface area contributed by atoms with Crippen LogP contribution in [-0.4, -0.2) is 23.1 Å². The highest BCUT2D eigenvalue weighted by molar-refractivity contribution is 6.00. The zero-order chi connectivity index (χ0) is 18.4. The van der Waals surface area contributed by atoms with Gasteiger partial charge in [-0.25, -0.2) is 0 Å². The van der Waals surface area contributed by atoms with Crippen LogP contribution in [0.1, 0.15) is 34.3 Å². The molecule has 1 atom stereocenters. The summed E-state index contributed by atoms with van der Waals surface area (Å²) in [5.41, 5.74) is 8.79. The molecule has 1 aliphatic rings. The molecule has 0 radical (unpaired) electrons. The fourth-order valence-corrected chi connectivity index (χ4v) is 3.45. The lowest BCUT2D eigenvalue weighted by atomic mass is 9.90. The van der Waals surface area contributed by atoms with Gasteiger partial charge < -0.3 is 19.8 Å². The molecule has 6 nitrogen and oxygen atoms in total. The number of Topliss-reactive ketones (excluding diaryl/α,β-unsaturated/α-hetero) is 1. The van der Waals surface area contributed by atoms with Crippen molar-refractivity contribution < 1.29 is 19.1 Å². The van der Waals surface area contributed by atoms with E-state index in [1.165, 1.54) is 6.92 Å². The van der Waals surface area contributed by atoms with E-state index in [1.807, 2.05) is 36.0 Å². The van der Waals surface area contributed by atoms with Crippen LogP contribution in [0, 0.1) is 0 Å². The predicted octanol–water partition coefficient (Wildman–Crippen LogP) is 2.73. The number of hydrogen-bond acceptors (Lipinski definition) is 4. The maximum Gasteiger partial charge on any atom is 0.231 e. The zero-order valence-corrected chi connectivity index (χ0v) is 14.5.